The van der Waals surface area contributed by atoms with Crippen molar-refractivity contribution in [2.75, 3.05) is 32.2 Å². The molecule has 0 radical (unpaired) electrons. The van der Waals surface area contributed by atoms with E-state index in [2.05, 4.69) is 5.32 Å². The van der Waals surface area contributed by atoms with Gasteiger partial charge >= 0.3 is 0 Å². The van der Waals surface area contributed by atoms with Gasteiger partial charge in [-0.3, -0.25) is 9.59 Å². The number of anilines is 1. The van der Waals surface area contributed by atoms with Gasteiger partial charge in [0.1, 0.15) is 11.5 Å². The highest BCUT2D eigenvalue weighted by Gasteiger charge is 2.29. The molecule has 0 aliphatic heterocycles. The van der Waals surface area contributed by atoms with Crippen molar-refractivity contribution in [1.29, 1.82) is 0 Å². The fourth-order valence-electron chi connectivity index (χ4n) is 2.24. The summed E-state index contributed by atoms with van der Waals surface area (Å²) in [4.78, 5) is 25.1. The lowest BCUT2D eigenvalue weighted by Crippen LogP contribution is -2.38. The first-order chi connectivity index (χ1) is 10.6. The first kappa shape index (κ1) is 16.1. The lowest BCUT2D eigenvalue weighted by atomic mass is 10.2. The van der Waals surface area contributed by atoms with Gasteiger partial charge in [-0.2, -0.15) is 0 Å². The molecule has 22 heavy (non-hydrogen) atoms. The molecule has 2 amide bonds. The highest BCUT2D eigenvalue weighted by atomic mass is 16.5. The standard InChI is InChI=1S/C16H22N2O4/c1-11(19)18(9-8-17-16(20)12-4-5-12)14-7-6-13(21-2)10-15(14)22-3/h6-7,10,12H,4-5,8-9H2,1-3H3,(H,17,20). The molecule has 0 spiro atoms. The zero-order valence-corrected chi connectivity index (χ0v) is 13.2. The van der Waals surface area contributed by atoms with Crippen LogP contribution >= 0.6 is 0 Å². The number of methoxy groups -OCH3 is 2. The van der Waals surface area contributed by atoms with Gasteiger partial charge in [0.05, 0.1) is 19.9 Å². The fourth-order valence-corrected chi connectivity index (χ4v) is 2.24. The largest absolute Gasteiger partial charge is 0.497 e. The van der Waals surface area contributed by atoms with Crippen molar-refractivity contribution in [1.82, 2.24) is 5.32 Å². The first-order valence-corrected chi connectivity index (χ1v) is 7.34. The smallest absolute Gasteiger partial charge is 0.224 e. The molecule has 120 valence electrons. The van der Waals surface area contributed by atoms with Crippen molar-refractivity contribution < 1.29 is 19.1 Å². The molecular weight excluding hydrogens is 284 g/mol. The van der Waals surface area contributed by atoms with Crippen molar-refractivity contribution in [3.05, 3.63) is 18.2 Å². The second-order valence-electron chi connectivity index (χ2n) is 5.27. The van der Waals surface area contributed by atoms with E-state index in [0.29, 0.717) is 30.3 Å². The summed E-state index contributed by atoms with van der Waals surface area (Å²) in [5, 5.41) is 2.86. The van der Waals surface area contributed by atoms with Crippen LogP contribution in [-0.2, 0) is 9.59 Å². The number of amides is 2. The third kappa shape index (κ3) is 3.90. The number of rotatable bonds is 7. The molecule has 1 N–H and O–H groups in total. The number of hydrogen-bond acceptors (Lipinski definition) is 4. The first-order valence-electron chi connectivity index (χ1n) is 7.34. The third-order valence-corrected chi connectivity index (χ3v) is 3.64. The number of carbonyl (C=O) groups excluding carboxylic acids is 2. The van der Waals surface area contributed by atoms with Crippen LogP contribution < -0.4 is 19.7 Å². The predicted octanol–water partition coefficient (Wildman–Crippen LogP) is 1.58. The van der Waals surface area contributed by atoms with E-state index in [1.54, 1.807) is 37.3 Å². The van der Waals surface area contributed by atoms with Crippen LogP contribution in [-0.4, -0.2) is 39.1 Å². The normalized spacial score (nSPS) is 13.4. The fraction of sp³-hybridized carbons (Fsp3) is 0.500. The number of nitrogens with one attached hydrogen (secondary N) is 1. The zero-order valence-electron chi connectivity index (χ0n) is 13.2. The lowest BCUT2D eigenvalue weighted by molar-refractivity contribution is -0.122. The molecule has 1 fully saturated rings. The Bertz CT molecular complexity index is 555. The van der Waals surface area contributed by atoms with E-state index in [9.17, 15) is 9.59 Å². The summed E-state index contributed by atoms with van der Waals surface area (Å²) in [6, 6.07) is 5.28. The van der Waals surface area contributed by atoms with Crippen LogP contribution in [0.15, 0.2) is 18.2 Å². The van der Waals surface area contributed by atoms with Crippen LogP contribution in [0.4, 0.5) is 5.69 Å². The summed E-state index contributed by atoms with van der Waals surface area (Å²) in [5.41, 5.74) is 0.663. The van der Waals surface area contributed by atoms with Gasteiger partial charge in [0.25, 0.3) is 0 Å². The van der Waals surface area contributed by atoms with E-state index >= 15 is 0 Å². The number of carbonyl (C=O) groups is 2. The van der Waals surface area contributed by atoms with Crippen molar-refractivity contribution >= 4 is 17.5 Å². The number of hydrogen-bond donors (Lipinski definition) is 1. The molecule has 0 unspecified atom stereocenters. The molecule has 0 aromatic heterocycles. The van der Waals surface area contributed by atoms with Gasteiger partial charge in [0, 0.05) is 32.0 Å². The molecule has 0 saturated heterocycles. The molecule has 1 aromatic carbocycles. The summed E-state index contributed by atoms with van der Waals surface area (Å²) in [6.45, 7) is 2.31. The molecule has 1 aliphatic rings. The van der Waals surface area contributed by atoms with Crippen molar-refractivity contribution in [3.8, 4) is 11.5 Å². The van der Waals surface area contributed by atoms with Crippen LogP contribution in [0.3, 0.4) is 0 Å². The van der Waals surface area contributed by atoms with Gasteiger partial charge in [-0.1, -0.05) is 0 Å². The van der Waals surface area contributed by atoms with Crippen LogP contribution in [0, 0.1) is 5.92 Å². The Morgan fingerprint density at radius 1 is 1.27 bits per heavy atom. The molecule has 2 rings (SSSR count). The Balaban J connectivity index is 2.06. The second kappa shape index (κ2) is 7.15. The van der Waals surface area contributed by atoms with Crippen molar-refractivity contribution in [2.24, 2.45) is 5.92 Å². The van der Waals surface area contributed by atoms with E-state index in [1.165, 1.54) is 6.92 Å². The Hall–Kier alpha value is -2.24. The average molecular weight is 306 g/mol. The van der Waals surface area contributed by atoms with Gasteiger partial charge in [-0.25, -0.2) is 0 Å². The summed E-state index contributed by atoms with van der Waals surface area (Å²) in [6.07, 6.45) is 1.93. The zero-order chi connectivity index (χ0) is 16.1. The van der Waals surface area contributed by atoms with E-state index in [-0.39, 0.29) is 17.7 Å². The van der Waals surface area contributed by atoms with Crippen molar-refractivity contribution in [2.45, 2.75) is 19.8 Å². The molecule has 6 heteroatoms. The topological polar surface area (TPSA) is 67.9 Å². The van der Waals surface area contributed by atoms with Gasteiger partial charge in [0.15, 0.2) is 0 Å². The van der Waals surface area contributed by atoms with E-state index in [1.807, 2.05) is 0 Å². The van der Waals surface area contributed by atoms with Crippen LogP contribution in [0.25, 0.3) is 0 Å². The maximum absolute atomic E-state index is 11.9. The number of ether oxygens (including phenoxy) is 2. The molecular formula is C16H22N2O4. The molecule has 0 atom stereocenters. The van der Waals surface area contributed by atoms with Gasteiger partial charge in [-0.05, 0) is 25.0 Å². The predicted molar refractivity (Wildman–Crippen MR) is 83.3 cm³/mol. The van der Waals surface area contributed by atoms with Gasteiger partial charge in [0.2, 0.25) is 11.8 Å². The maximum atomic E-state index is 11.9. The Labute approximate surface area is 130 Å². The summed E-state index contributed by atoms with van der Waals surface area (Å²) in [5.74, 6) is 1.35. The van der Waals surface area contributed by atoms with Crippen LogP contribution in [0.2, 0.25) is 0 Å². The monoisotopic (exact) mass is 306 g/mol. The summed E-state index contributed by atoms with van der Waals surface area (Å²) < 4.78 is 10.5. The highest BCUT2D eigenvalue weighted by Crippen LogP contribution is 2.32. The summed E-state index contributed by atoms with van der Waals surface area (Å²) >= 11 is 0. The summed E-state index contributed by atoms with van der Waals surface area (Å²) in [7, 11) is 3.12. The van der Waals surface area contributed by atoms with Crippen molar-refractivity contribution in [3.63, 3.8) is 0 Å². The molecule has 1 aromatic rings. The minimum absolute atomic E-state index is 0.0743. The molecule has 1 aliphatic carbocycles. The van der Waals surface area contributed by atoms with E-state index in [4.69, 9.17) is 9.47 Å². The van der Waals surface area contributed by atoms with E-state index < -0.39 is 0 Å². The molecule has 6 nitrogen and oxygen atoms in total. The number of benzene rings is 1. The third-order valence-electron chi connectivity index (χ3n) is 3.64. The Morgan fingerprint density at radius 2 is 2.00 bits per heavy atom. The Kier molecular flexibility index (Phi) is 5.25. The maximum Gasteiger partial charge on any atom is 0.224 e. The minimum Gasteiger partial charge on any atom is -0.497 e. The Morgan fingerprint density at radius 3 is 2.55 bits per heavy atom. The molecule has 0 heterocycles. The van der Waals surface area contributed by atoms with Gasteiger partial charge in [-0.15, -0.1) is 0 Å². The quantitative estimate of drug-likeness (QED) is 0.830. The SMILES string of the molecule is COc1ccc(N(CCNC(=O)C2CC2)C(C)=O)c(OC)c1. The average Bonchev–Trinajstić information content (AvgIpc) is 3.35. The lowest BCUT2D eigenvalue weighted by Gasteiger charge is -2.23. The molecule has 0 bridgehead atoms. The van der Waals surface area contributed by atoms with Gasteiger partial charge < -0.3 is 19.7 Å². The van der Waals surface area contributed by atoms with E-state index in [0.717, 1.165) is 12.8 Å². The number of nitrogens with zero attached hydrogens (tertiary/aromatic N) is 1. The van der Waals surface area contributed by atoms with Crippen LogP contribution in [0.1, 0.15) is 19.8 Å². The minimum atomic E-state index is -0.107. The highest BCUT2D eigenvalue weighted by molar-refractivity contribution is 5.93. The second-order valence-corrected chi connectivity index (χ2v) is 5.27. The van der Waals surface area contributed by atoms with Crippen LogP contribution in [0.5, 0.6) is 11.5 Å². The molecule has 1 saturated carbocycles.